The highest BCUT2D eigenvalue weighted by molar-refractivity contribution is 6.19. The van der Waals surface area contributed by atoms with E-state index in [0.717, 1.165) is 5.56 Å². The number of hydrogen-bond donors (Lipinski definition) is 2. The number of nitrogens with zero attached hydrogens (tertiary/aromatic N) is 5. The van der Waals surface area contributed by atoms with E-state index in [-0.39, 0.29) is 31.2 Å². The van der Waals surface area contributed by atoms with E-state index in [1.165, 1.54) is 15.8 Å². The Morgan fingerprint density at radius 1 is 1.33 bits per heavy atom. The van der Waals surface area contributed by atoms with Crippen LogP contribution in [0.5, 0.6) is 5.75 Å². The normalized spacial score (nSPS) is 12.4. The molecule has 0 radical (unpaired) electrons. The number of carbonyl (C=O) groups is 2. The molecule has 2 rings (SSSR count). The van der Waals surface area contributed by atoms with Crippen LogP contribution in [0.4, 0.5) is 5.69 Å². The third kappa shape index (κ3) is 7.47. The molecule has 2 N–H and O–H groups in total. The molecule has 0 bridgehead atoms. The minimum Gasteiger partial charge on any atom is -0.496 e. The van der Waals surface area contributed by atoms with Crippen molar-refractivity contribution in [3.05, 3.63) is 53.4 Å². The number of aromatic nitrogens is 2. The van der Waals surface area contributed by atoms with E-state index >= 15 is 0 Å². The summed E-state index contributed by atoms with van der Waals surface area (Å²) in [6, 6.07) is 5.64. The van der Waals surface area contributed by atoms with Crippen LogP contribution in [0.15, 0.2) is 57.8 Å². The van der Waals surface area contributed by atoms with Crippen LogP contribution in [0, 0.1) is 6.92 Å². The highest BCUT2D eigenvalue weighted by atomic mass is 16.5. The van der Waals surface area contributed by atoms with Crippen molar-refractivity contribution in [2.24, 2.45) is 9.98 Å². The van der Waals surface area contributed by atoms with Gasteiger partial charge in [0.05, 0.1) is 30.7 Å². The SMILES string of the molecule is C\C=C/C=N\C(C)=C(\C=N/C)C(=O)Nc1cn(CC(=O)N(C)CCO)nc1-c1cc(C)ccc1OC. The zero-order chi connectivity index (χ0) is 26.7. The monoisotopic (exact) mass is 494 g/mol. The van der Waals surface area contributed by atoms with Crippen LogP contribution in [0.1, 0.15) is 19.4 Å². The van der Waals surface area contributed by atoms with Crippen molar-refractivity contribution >= 4 is 29.9 Å². The molecule has 0 unspecified atom stereocenters. The quantitative estimate of drug-likeness (QED) is 0.368. The first-order chi connectivity index (χ1) is 17.2. The molecule has 1 aromatic heterocycles. The summed E-state index contributed by atoms with van der Waals surface area (Å²) < 4.78 is 6.99. The number of aliphatic hydroxyl groups is 1. The fourth-order valence-electron chi connectivity index (χ4n) is 3.28. The molecule has 10 heteroatoms. The van der Waals surface area contributed by atoms with Gasteiger partial charge in [-0.2, -0.15) is 5.10 Å². The van der Waals surface area contributed by atoms with Gasteiger partial charge in [-0.05, 0) is 39.0 Å². The van der Waals surface area contributed by atoms with Gasteiger partial charge in [-0.15, -0.1) is 0 Å². The molecule has 0 aliphatic carbocycles. The Morgan fingerprint density at radius 3 is 2.72 bits per heavy atom. The summed E-state index contributed by atoms with van der Waals surface area (Å²) in [5.74, 6) is -0.0880. The average molecular weight is 495 g/mol. The van der Waals surface area contributed by atoms with E-state index in [4.69, 9.17) is 9.84 Å². The van der Waals surface area contributed by atoms with E-state index in [9.17, 15) is 9.59 Å². The maximum absolute atomic E-state index is 13.3. The van der Waals surface area contributed by atoms with Crippen LogP contribution in [0.25, 0.3) is 11.3 Å². The summed E-state index contributed by atoms with van der Waals surface area (Å²) in [7, 11) is 4.74. The summed E-state index contributed by atoms with van der Waals surface area (Å²) in [4.78, 5) is 35.6. The first-order valence-electron chi connectivity index (χ1n) is 11.4. The number of hydrogen-bond acceptors (Lipinski definition) is 7. The number of anilines is 1. The summed E-state index contributed by atoms with van der Waals surface area (Å²) >= 11 is 0. The Bertz CT molecular complexity index is 1190. The fraction of sp³-hybridized carbons (Fsp3) is 0.346. The number of aliphatic hydroxyl groups excluding tert-OH is 1. The first-order valence-corrected chi connectivity index (χ1v) is 11.4. The van der Waals surface area contributed by atoms with Crippen LogP contribution >= 0.6 is 0 Å². The van der Waals surface area contributed by atoms with Crippen molar-refractivity contribution in [1.29, 1.82) is 0 Å². The molecule has 10 nitrogen and oxygen atoms in total. The van der Waals surface area contributed by atoms with E-state index in [2.05, 4.69) is 20.4 Å². The van der Waals surface area contributed by atoms with E-state index < -0.39 is 5.91 Å². The summed E-state index contributed by atoms with van der Waals surface area (Å²) in [6.07, 6.45) is 8.24. The molecule has 2 aromatic rings. The lowest BCUT2D eigenvalue weighted by molar-refractivity contribution is -0.131. The van der Waals surface area contributed by atoms with Crippen molar-refractivity contribution < 1.29 is 19.4 Å². The van der Waals surface area contributed by atoms with Crippen molar-refractivity contribution in [3.8, 4) is 17.0 Å². The van der Waals surface area contributed by atoms with Crippen LogP contribution in [0.3, 0.4) is 0 Å². The Hall–Kier alpha value is -4.05. The smallest absolute Gasteiger partial charge is 0.259 e. The number of rotatable bonds is 11. The van der Waals surface area contributed by atoms with Gasteiger partial charge in [0, 0.05) is 44.8 Å². The Morgan fingerprint density at radius 2 is 2.08 bits per heavy atom. The van der Waals surface area contributed by atoms with E-state index in [1.807, 2.05) is 38.1 Å². The first kappa shape index (κ1) is 28.2. The molecule has 1 heterocycles. The largest absolute Gasteiger partial charge is 0.496 e. The van der Waals surface area contributed by atoms with E-state index in [1.54, 1.807) is 46.6 Å². The molecular weight excluding hydrogens is 460 g/mol. The zero-order valence-electron chi connectivity index (χ0n) is 21.6. The lowest BCUT2D eigenvalue weighted by Gasteiger charge is -2.15. The minimum absolute atomic E-state index is 0.0701. The number of ether oxygens (including phenoxy) is 1. The number of carbonyl (C=O) groups excluding carboxylic acids is 2. The van der Waals surface area contributed by atoms with Gasteiger partial charge in [0.15, 0.2) is 0 Å². The van der Waals surface area contributed by atoms with Gasteiger partial charge < -0.3 is 20.1 Å². The second-order valence-electron chi connectivity index (χ2n) is 7.98. The second-order valence-corrected chi connectivity index (χ2v) is 7.98. The maximum atomic E-state index is 13.3. The Labute approximate surface area is 211 Å². The third-order valence-corrected chi connectivity index (χ3v) is 5.22. The molecule has 0 fully saturated rings. The molecule has 36 heavy (non-hydrogen) atoms. The number of benzene rings is 1. The minimum atomic E-state index is -0.424. The number of allylic oxidation sites excluding steroid dienone is 3. The highest BCUT2D eigenvalue weighted by Crippen LogP contribution is 2.35. The molecule has 1 aromatic carbocycles. The predicted molar refractivity (Wildman–Crippen MR) is 143 cm³/mol. The number of amides is 2. The topological polar surface area (TPSA) is 121 Å². The molecule has 2 amide bonds. The van der Waals surface area contributed by atoms with Crippen molar-refractivity contribution in [2.45, 2.75) is 27.3 Å². The lowest BCUT2D eigenvalue weighted by atomic mass is 10.1. The average Bonchev–Trinajstić information content (AvgIpc) is 3.24. The lowest BCUT2D eigenvalue weighted by Crippen LogP contribution is -2.32. The summed E-state index contributed by atoms with van der Waals surface area (Å²) in [5.41, 5.74) is 3.26. The van der Waals surface area contributed by atoms with Gasteiger partial charge >= 0.3 is 0 Å². The van der Waals surface area contributed by atoms with Gasteiger partial charge in [0.25, 0.3) is 5.91 Å². The van der Waals surface area contributed by atoms with Crippen LogP contribution in [-0.2, 0) is 16.1 Å². The van der Waals surface area contributed by atoms with Gasteiger partial charge in [0.1, 0.15) is 18.0 Å². The van der Waals surface area contributed by atoms with Crippen molar-refractivity contribution in [1.82, 2.24) is 14.7 Å². The highest BCUT2D eigenvalue weighted by Gasteiger charge is 2.21. The van der Waals surface area contributed by atoms with Crippen LogP contribution < -0.4 is 10.1 Å². The van der Waals surface area contributed by atoms with Gasteiger partial charge in [0.2, 0.25) is 5.91 Å². The Balaban J connectivity index is 2.55. The zero-order valence-corrected chi connectivity index (χ0v) is 21.6. The molecule has 0 atom stereocenters. The number of likely N-dealkylation sites (N-methyl/N-ethyl adjacent to an activating group) is 1. The fourth-order valence-corrected chi connectivity index (χ4v) is 3.28. The van der Waals surface area contributed by atoms with Gasteiger partial charge in [-0.3, -0.25) is 24.3 Å². The van der Waals surface area contributed by atoms with Crippen molar-refractivity contribution in [2.75, 3.05) is 39.7 Å². The molecule has 192 valence electrons. The van der Waals surface area contributed by atoms with E-state index in [0.29, 0.717) is 28.4 Å². The molecule has 0 saturated carbocycles. The number of aliphatic imine (C=N–C) groups is 2. The standard InChI is InChI=1S/C26H34N6O4/c1-7-8-11-28-19(3)21(15-27-4)26(35)29-22-16-32(17-24(34)31(5)12-13-33)30-25(22)20-14-18(2)9-10-23(20)36-6/h7-11,14-16,33H,12-13,17H2,1-6H3,(H,29,35)/b8-7-,21-19-,27-15-,28-11-. The maximum Gasteiger partial charge on any atom is 0.259 e. The second kappa shape index (κ2) is 13.7. The summed E-state index contributed by atoms with van der Waals surface area (Å²) in [6.45, 7) is 5.53. The molecule has 0 spiro atoms. The van der Waals surface area contributed by atoms with Crippen molar-refractivity contribution in [3.63, 3.8) is 0 Å². The molecular formula is C26H34N6O4. The molecule has 0 aliphatic heterocycles. The number of aryl methyl sites for hydroxylation is 1. The predicted octanol–water partition coefficient (Wildman–Crippen LogP) is 2.88. The number of methoxy groups -OCH3 is 1. The third-order valence-electron chi connectivity index (χ3n) is 5.22. The Kier molecular flexibility index (Phi) is 10.8. The van der Waals surface area contributed by atoms with Crippen LogP contribution in [-0.4, -0.2) is 78.4 Å². The number of nitrogens with one attached hydrogen (secondary N) is 1. The molecule has 0 aliphatic rings. The van der Waals surface area contributed by atoms with Crippen LogP contribution in [0.2, 0.25) is 0 Å². The summed E-state index contributed by atoms with van der Waals surface area (Å²) in [5, 5.41) is 16.6. The van der Waals surface area contributed by atoms with Gasteiger partial charge in [-0.25, -0.2) is 0 Å². The van der Waals surface area contributed by atoms with Gasteiger partial charge in [-0.1, -0.05) is 17.7 Å². The molecule has 0 saturated heterocycles.